The number of para-hydroxylation sites is 1. The SMILES string of the molecule is COc1cc(NC(=O)C(C)(C)C(=O)Nc2ccccc2C)c(OC)cc1Cl. The summed E-state index contributed by atoms with van der Waals surface area (Å²) in [5.74, 6) is -0.162. The lowest BCUT2D eigenvalue weighted by molar-refractivity contribution is -0.135. The van der Waals surface area contributed by atoms with Crippen LogP contribution in [-0.2, 0) is 9.59 Å². The summed E-state index contributed by atoms with van der Waals surface area (Å²) in [6.07, 6.45) is 0. The van der Waals surface area contributed by atoms with Crippen LogP contribution in [0.4, 0.5) is 11.4 Å². The zero-order valence-corrected chi connectivity index (χ0v) is 16.7. The molecule has 0 bridgehead atoms. The first-order valence-corrected chi connectivity index (χ1v) is 8.68. The standard InChI is InChI=1S/C20H23ClN2O4/c1-12-8-6-7-9-14(12)22-18(24)20(2,3)19(25)23-15-11-16(26-4)13(21)10-17(15)27-5/h6-11H,1-5H3,(H,22,24)(H,23,25). The molecule has 0 fully saturated rings. The van der Waals surface area contributed by atoms with Gasteiger partial charge in [-0.1, -0.05) is 29.8 Å². The minimum Gasteiger partial charge on any atom is -0.495 e. The van der Waals surface area contributed by atoms with Gasteiger partial charge < -0.3 is 20.1 Å². The number of carbonyl (C=O) groups is 2. The maximum Gasteiger partial charge on any atom is 0.239 e. The summed E-state index contributed by atoms with van der Waals surface area (Å²) in [6.45, 7) is 4.98. The zero-order valence-electron chi connectivity index (χ0n) is 16.0. The van der Waals surface area contributed by atoms with Gasteiger partial charge in [0.15, 0.2) is 0 Å². The third-order valence-electron chi connectivity index (χ3n) is 4.25. The molecule has 0 atom stereocenters. The van der Waals surface area contributed by atoms with Gasteiger partial charge in [-0.25, -0.2) is 0 Å². The molecule has 144 valence electrons. The Morgan fingerprint density at radius 3 is 2.04 bits per heavy atom. The fourth-order valence-corrected chi connectivity index (χ4v) is 2.56. The molecule has 7 heteroatoms. The molecule has 2 N–H and O–H groups in total. The van der Waals surface area contributed by atoms with Crippen molar-refractivity contribution in [3.8, 4) is 11.5 Å². The number of ether oxygens (including phenoxy) is 2. The Labute approximate surface area is 163 Å². The van der Waals surface area contributed by atoms with Crippen molar-refractivity contribution >= 4 is 34.8 Å². The van der Waals surface area contributed by atoms with Crippen molar-refractivity contribution in [2.24, 2.45) is 5.41 Å². The minimum atomic E-state index is -1.33. The fraction of sp³-hybridized carbons (Fsp3) is 0.300. The summed E-state index contributed by atoms with van der Waals surface area (Å²) < 4.78 is 10.4. The number of hydrogen-bond donors (Lipinski definition) is 2. The molecule has 6 nitrogen and oxygen atoms in total. The summed E-state index contributed by atoms with van der Waals surface area (Å²) in [5.41, 5.74) is 0.598. The topological polar surface area (TPSA) is 76.7 Å². The Kier molecular flexibility index (Phi) is 6.33. The van der Waals surface area contributed by atoms with Crippen molar-refractivity contribution in [2.75, 3.05) is 24.9 Å². The van der Waals surface area contributed by atoms with E-state index in [0.717, 1.165) is 5.56 Å². The fourth-order valence-electron chi connectivity index (χ4n) is 2.33. The molecule has 2 aromatic rings. The van der Waals surface area contributed by atoms with Gasteiger partial charge in [-0.3, -0.25) is 9.59 Å². The van der Waals surface area contributed by atoms with Crippen LogP contribution in [0, 0.1) is 12.3 Å². The first-order valence-electron chi connectivity index (χ1n) is 8.30. The second-order valence-corrected chi connectivity index (χ2v) is 6.94. The van der Waals surface area contributed by atoms with Crippen LogP contribution in [-0.4, -0.2) is 26.0 Å². The van der Waals surface area contributed by atoms with Crippen LogP contribution in [0.25, 0.3) is 0 Å². The molecule has 0 radical (unpaired) electrons. The van der Waals surface area contributed by atoms with Crippen molar-refractivity contribution < 1.29 is 19.1 Å². The van der Waals surface area contributed by atoms with Crippen molar-refractivity contribution in [3.05, 3.63) is 47.0 Å². The highest BCUT2D eigenvalue weighted by Gasteiger charge is 2.37. The minimum absolute atomic E-state index is 0.351. The molecule has 2 aromatic carbocycles. The molecule has 0 aliphatic heterocycles. The molecule has 0 aromatic heterocycles. The second-order valence-electron chi connectivity index (χ2n) is 6.54. The predicted octanol–water partition coefficient (Wildman–Crippen LogP) is 4.27. The molecule has 0 saturated heterocycles. The number of nitrogens with one attached hydrogen (secondary N) is 2. The Bertz CT molecular complexity index is 865. The highest BCUT2D eigenvalue weighted by Crippen LogP contribution is 2.36. The molecule has 0 saturated carbocycles. The molecule has 2 amide bonds. The summed E-state index contributed by atoms with van der Waals surface area (Å²) in [4.78, 5) is 25.5. The molecule has 0 aliphatic carbocycles. The first-order chi connectivity index (χ1) is 12.7. The van der Waals surface area contributed by atoms with Gasteiger partial charge in [0.25, 0.3) is 0 Å². The van der Waals surface area contributed by atoms with Gasteiger partial charge in [0.05, 0.1) is 24.9 Å². The van der Waals surface area contributed by atoms with E-state index in [2.05, 4.69) is 10.6 Å². The Balaban J connectivity index is 2.23. The normalized spacial score (nSPS) is 10.9. The van der Waals surface area contributed by atoms with E-state index in [1.165, 1.54) is 20.3 Å². The van der Waals surface area contributed by atoms with E-state index in [1.807, 2.05) is 25.1 Å². The molecule has 0 unspecified atom stereocenters. The monoisotopic (exact) mass is 390 g/mol. The van der Waals surface area contributed by atoms with E-state index >= 15 is 0 Å². The first kappa shape index (κ1) is 20.6. The number of rotatable bonds is 6. The highest BCUT2D eigenvalue weighted by molar-refractivity contribution is 6.32. The third kappa shape index (κ3) is 4.52. The van der Waals surface area contributed by atoms with Crippen molar-refractivity contribution in [3.63, 3.8) is 0 Å². The third-order valence-corrected chi connectivity index (χ3v) is 4.55. The van der Waals surface area contributed by atoms with Gasteiger partial charge in [0, 0.05) is 17.8 Å². The summed E-state index contributed by atoms with van der Waals surface area (Å²) in [7, 11) is 2.93. The number of carbonyl (C=O) groups excluding carboxylic acids is 2. The lowest BCUT2D eigenvalue weighted by Gasteiger charge is -2.24. The van der Waals surface area contributed by atoms with Crippen LogP contribution in [0.5, 0.6) is 11.5 Å². The molecular formula is C20H23ClN2O4. The number of benzene rings is 2. The van der Waals surface area contributed by atoms with Crippen LogP contribution in [0.15, 0.2) is 36.4 Å². The lowest BCUT2D eigenvalue weighted by Crippen LogP contribution is -2.41. The molecule has 0 spiro atoms. The smallest absolute Gasteiger partial charge is 0.239 e. The van der Waals surface area contributed by atoms with E-state index in [-0.39, 0.29) is 0 Å². The molecular weight excluding hydrogens is 368 g/mol. The Morgan fingerprint density at radius 1 is 0.926 bits per heavy atom. The number of hydrogen-bond acceptors (Lipinski definition) is 4. The Morgan fingerprint density at radius 2 is 1.48 bits per heavy atom. The summed E-state index contributed by atoms with van der Waals surface area (Å²) >= 11 is 6.08. The van der Waals surface area contributed by atoms with Crippen LogP contribution >= 0.6 is 11.6 Å². The van der Waals surface area contributed by atoms with E-state index in [1.54, 1.807) is 26.0 Å². The van der Waals surface area contributed by atoms with Crippen molar-refractivity contribution in [1.29, 1.82) is 0 Å². The molecule has 0 aliphatic rings. The molecule has 27 heavy (non-hydrogen) atoms. The van der Waals surface area contributed by atoms with Crippen LogP contribution in [0.1, 0.15) is 19.4 Å². The summed E-state index contributed by atoms with van der Waals surface area (Å²) in [6, 6.07) is 10.5. The number of halogens is 1. The lowest BCUT2D eigenvalue weighted by atomic mass is 9.90. The largest absolute Gasteiger partial charge is 0.495 e. The van der Waals surface area contributed by atoms with Gasteiger partial charge in [0.1, 0.15) is 16.9 Å². The number of amides is 2. The van der Waals surface area contributed by atoms with Gasteiger partial charge in [0.2, 0.25) is 11.8 Å². The van der Waals surface area contributed by atoms with Crippen molar-refractivity contribution in [2.45, 2.75) is 20.8 Å². The maximum atomic E-state index is 12.8. The predicted molar refractivity (Wildman–Crippen MR) is 107 cm³/mol. The van der Waals surface area contributed by atoms with E-state index in [4.69, 9.17) is 21.1 Å². The van der Waals surface area contributed by atoms with E-state index in [9.17, 15) is 9.59 Å². The highest BCUT2D eigenvalue weighted by atomic mass is 35.5. The quantitative estimate of drug-likeness (QED) is 0.722. The van der Waals surface area contributed by atoms with Gasteiger partial charge >= 0.3 is 0 Å². The van der Waals surface area contributed by atoms with Crippen molar-refractivity contribution in [1.82, 2.24) is 0 Å². The van der Waals surface area contributed by atoms with Gasteiger partial charge in [-0.15, -0.1) is 0 Å². The Hall–Kier alpha value is -2.73. The number of methoxy groups -OCH3 is 2. The molecule has 0 heterocycles. The number of aryl methyl sites for hydroxylation is 1. The van der Waals surface area contributed by atoms with Crippen LogP contribution < -0.4 is 20.1 Å². The van der Waals surface area contributed by atoms with Crippen LogP contribution in [0.2, 0.25) is 5.02 Å². The van der Waals surface area contributed by atoms with E-state index < -0.39 is 17.2 Å². The second kappa shape index (κ2) is 8.31. The average Bonchev–Trinajstić information content (AvgIpc) is 2.64. The summed E-state index contributed by atoms with van der Waals surface area (Å²) in [5, 5.41) is 5.87. The number of anilines is 2. The zero-order chi connectivity index (χ0) is 20.2. The van der Waals surface area contributed by atoms with Crippen LogP contribution in [0.3, 0.4) is 0 Å². The average molecular weight is 391 g/mol. The van der Waals surface area contributed by atoms with E-state index in [0.29, 0.717) is 27.9 Å². The molecule has 2 rings (SSSR count). The maximum absolute atomic E-state index is 12.8. The van der Waals surface area contributed by atoms with Gasteiger partial charge in [-0.2, -0.15) is 0 Å². The van der Waals surface area contributed by atoms with Gasteiger partial charge in [-0.05, 0) is 32.4 Å².